The van der Waals surface area contributed by atoms with Crippen LogP contribution < -0.4 is 4.74 Å². The van der Waals surface area contributed by atoms with E-state index in [-0.39, 0.29) is 0 Å². The van der Waals surface area contributed by atoms with Gasteiger partial charge in [0.15, 0.2) is 0 Å². The summed E-state index contributed by atoms with van der Waals surface area (Å²) in [6.07, 6.45) is 9.37. The lowest BCUT2D eigenvalue weighted by atomic mass is 10.0. The van der Waals surface area contributed by atoms with Crippen molar-refractivity contribution in [2.45, 2.75) is 12.8 Å². The number of halogens is 1. The molecule has 0 bridgehead atoms. The molecule has 4 nitrogen and oxygen atoms in total. The number of hydrogen-bond acceptors (Lipinski definition) is 4. The van der Waals surface area contributed by atoms with Crippen molar-refractivity contribution in [1.82, 2.24) is 15.0 Å². The van der Waals surface area contributed by atoms with E-state index in [2.05, 4.69) is 50.2 Å². The van der Waals surface area contributed by atoms with Gasteiger partial charge >= 0.3 is 0 Å². The van der Waals surface area contributed by atoms with E-state index in [1.54, 1.807) is 12.4 Å². The van der Waals surface area contributed by atoms with Crippen LogP contribution in [0.2, 0.25) is 0 Å². The lowest BCUT2D eigenvalue weighted by Gasteiger charge is -2.11. The Kier molecular flexibility index (Phi) is 6.83. The van der Waals surface area contributed by atoms with E-state index in [0.29, 0.717) is 0 Å². The van der Waals surface area contributed by atoms with Crippen molar-refractivity contribution in [3.05, 3.63) is 85.5 Å². The molecule has 0 unspecified atom stereocenters. The van der Waals surface area contributed by atoms with Gasteiger partial charge < -0.3 is 4.74 Å². The first kappa shape index (κ1) is 20.2. The third-order valence-corrected chi connectivity index (χ3v) is 5.29. The van der Waals surface area contributed by atoms with Crippen LogP contribution >= 0.6 is 15.9 Å². The number of aromatic nitrogens is 3. The van der Waals surface area contributed by atoms with Gasteiger partial charge in [0.1, 0.15) is 5.75 Å². The predicted octanol–water partition coefficient (Wildman–Crippen LogP) is 6.43. The summed E-state index contributed by atoms with van der Waals surface area (Å²) >= 11 is 3.45. The van der Waals surface area contributed by atoms with E-state index >= 15 is 0 Å². The second-order valence-electron chi connectivity index (χ2n) is 6.88. The fourth-order valence-corrected chi connectivity index (χ4v) is 3.55. The van der Waals surface area contributed by atoms with Gasteiger partial charge in [-0.25, -0.2) is 4.98 Å². The van der Waals surface area contributed by atoms with Crippen LogP contribution in [-0.2, 0) is 0 Å². The number of benzene rings is 1. The van der Waals surface area contributed by atoms with Crippen molar-refractivity contribution < 1.29 is 4.74 Å². The Morgan fingerprint density at radius 3 is 1.87 bits per heavy atom. The molecule has 0 saturated heterocycles. The Morgan fingerprint density at radius 1 is 0.700 bits per heavy atom. The first-order chi connectivity index (χ1) is 14.8. The zero-order chi connectivity index (χ0) is 20.6. The third-order valence-electron chi connectivity index (χ3n) is 4.72. The molecule has 0 aliphatic carbocycles. The number of nitrogens with zero attached hydrogens (tertiary/aromatic N) is 3. The standard InChI is InChI=1S/C25H22BrN3O/c26-11-1-2-14-30-23-9-7-19(8-10-23)22-15-24(20-5-3-12-27-17-20)29-25(16-22)21-6-4-13-28-18-21/h3-10,12-13,15-18H,1-2,11,14H2. The summed E-state index contributed by atoms with van der Waals surface area (Å²) in [4.78, 5) is 13.4. The molecule has 3 aromatic heterocycles. The van der Waals surface area contributed by atoms with Crippen molar-refractivity contribution in [2.75, 3.05) is 11.9 Å². The third kappa shape index (κ3) is 5.10. The highest BCUT2D eigenvalue weighted by atomic mass is 79.9. The van der Waals surface area contributed by atoms with Crippen LogP contribution in [0.4, 0.5) is 0 Å². The number of unbranched alkanes of at least 4 members (excludes halogenated alkanes) is 1. The lowest BCUT2D eigenvalue weighted by molar-refractivity contribution is 0.310. The van der Waals surface area contributed by atoms with Crippen LogP contribution in [0.5, 0.6) is 5.75 Å². The molecule has 1 aromatic carbocycles. The van der Waals surface area contributed by atoms with Gasteiger partial charge in [-0.15, -0.1) is 0 Å². The molecule has 0 atom stereocenters. The fourth-order valence-electron chi connectivity index (χ4n) is 3.15. The number of ether oxygens (including phenoxy) is 1. The molecule has 0 radical (unpaired) electrons. The number of hydrogen-bond donors (Lipinski definition) is 0. The minimum Gasteiger partial charge on any atom is -0.494 e. The first-order valence-electron chi connectivity index (χ1n) is 9.95. The molecule has 0 N–H and O–H groups in total. The summed E-state index contributed by atoms with van der Waals surface area (Å²) in [5, 5.41) is 1.01. The zero-order valence-electron chi connectivity index (χ0n) is 16.5. The Labute approximate surface area is 185 Å². The van der Waals surface area contributed by atoms with E-state index in [9.17, 15) is 0 Å². The van der Waals surface area contributed by atoms with E-state index in [1.165, 1.54) is 0 Å². The molecular weight excluding hydrogens is 438 g/mol. The predicted molar refractivity (Wildman–Crippen MR) is 125 cm³/mol. The number of alkyl halides is 1. The molecule has 150 valence electrons. The van der Waals surface area contributed by atoms with Crippen molar-refractivity contribution in [3.63, 3.8) is 0 Å². The molecule has 0 fully saturated rings. The van der Waals surface area contributed by atoms with Crippen molar-refractivity contribution in [2.24, 2.45) is 0 Å². The summed E-state index contributed by atoms with van der Waals surface area (Å²) < 4.78 is 5.84. The summed E-state index contributed by atoms with van der Waals surface area (Å²) in [7, 11) is 0. The molecule has 5 heteroatoms. The molecule has 4 rings (SSSR count). The Hall–Kier alpha value is -3.05. The number of pyridine rings is 3. The Balaban J connectivity index is 1.67. The Morgan fingerprint density at radius 2 is 1.33 bits per heavy atom. The maximum Gasteiger partial charge on any atom is 0.119 e. The van der Waals surface area contributed by atoms with Gasteiger partial charge in [0.05, 0.1) is 18.0 Å². The Bertz CT molecular complexity index is 1010. The molecule has 0 amide bonds. The molecule has 3 heterocycles. The summed E-state index contributed by atoms with van der Waals surface area (Å²) in [6, 6.07) is 20.3. The lowest BCUT2D eigenvalue weighted by Crippen LogP contribution is -1.97. The van der Waals surface area contributed by atoms with Crippen LogP contribution in [0.25, 0.3) is 33.6 Å². The van der Waals surface area contributed by atoms with Crippen LogP contribution in [0.3, 0.4) is 0 Å². The summed E-state index contributed by atoms with van der Waals surface area (Å²) in [6.45, 7) is 0.733. The summed E-state index contributed by atoms with van der Waals surface area (Å²) in [5.41, 5.74) is 5.94. The average molecular weight is 460 g/mol. The summed E-state index contributed by atoms with van der Waals surface area (Å²) in [5.74, 6) is 0.891. The van der Waals surface area contributed by atoms with Gasteiger partial charge in [-0.05, 0) is 72.5 Å². The molecule has 0 aliphatic heterocycles. The largest absolute Gasteiger partial charge is 0.494 e. The highest BCUT2D eigenvalue weighted by Gasteiger charge is 2.09. The molecular formula is C25H22BrN3O. The first-order valence-corrected chi connectivity index (χ1v) is 11.1. The van der Waals surface area contributed by atoms with Crippen molar-refractivity contribution in [1.29, 1.82) is 0 Å². The maximum absolute atomic E-state index is 5.84. The van der Waals surface area contributed by atoms with E-state index in [0.717, 1.165) is 64.2 Å². The quantitative estimate of drug-likeness (QED) is 0.225. The van der Waals surface area contributed by atoms with Gasteiger partial charge in [0.2, 0.25) is 0 Å². The molecule has 0 spiro atoms. The SMILES string of the molecule is BrCCCCOc1ccc(-c2cc(-c3cccnc3)nc(-c3cccnc3)c2)cc1. The van der Waals surface area contributed by atoms with E-state index in [1.807, 2.05) is 48.8 Å². The second-order valence-corrected chi connectivity index (χ2v) is 7.67. The van der Waals surface area contributed by atoms with Crippen LogP contribution in [0.1, 0.15) is 12.8 Å². The normalized spacial score (nSPS) is 10.7. The van der Waals surface area contributed by atoms with Crippen LogP contribution in [0.15, 0.2) is 85.5 Å². The topological polar surface area (TPSA) is 47.9 Å². The van der Waals surface area contributed by atoms with Gasteiger partial charge in [0, 0.05) is 41.2 Å². The number of rotatable bonds is 8. The fraction of sp³-hybridized carbons (Fsp3) is 0.160. The molecule has 30 heavy (non-hydrogen) atoms. The molecule has 0 aliphatic rings. The highest BCUT2D eigenvalue weighted by molar-refractivity contribution is 9.09. The maximum atomic E-state index is 5.84. The van der Waals surface area contributed by atoms with E-state index in [4.69, 9.17) is 9.72 Å². The van der Waals surface area contributed by atoms with Gasteiger partial charge in [0.25, 0.3) is 0 Å². The van der Waals surface area contributed by atoms with Crippen LogP contribution in [0, 0.1) is 0 Å². The van der Waals surface area contributed by atoms with Crippen LogP contribution in [-0.4, -0.2) is 26.9 Å². The smallest absolute Gasteiger partial charge is 0.119 e. The minimum absolute atomic E-state index is 0.733. The average Bonchev–Trinajstić information content (AvgIpc) is 2.83. The monoisotopic (exact) mass is 459 g/mol. The van der Waals surface area contributed by atoms with E-state index < -0.39 is 0 Å². The zero-order valence-corrected chi connectivity index (χ0v) is 18.1. The second kappa shape index (κ2) is 10.1. The van der Waals surface area contributed by atoms with Gasteiger partial charge in [-0.2, -0.15) is 0 Å². The van der Waals surface area contributed by atoms with Crippen molar-refractivity contribution >= 4 is 15.9 Å². The van der Waals surface area contributed by atoms with Crippen molar-refractivity contribution in [3.8, 4) is 39.4 Å². The minimum atomic E-state index is 0.733. The molecule has 4 aromatic rings. The van der Waals surface area contributed by atoms with Gasteiger partial charge in [-0.1, -0.05) is 28.1 Å². The molecule has 0 saturated carbocycles. The van der Waals surface area contributed by atoms with Gasteiger partial charge in [-0.3, -0.25) is 9.97 Å². The highest BCUT2D eigenvalue weighted by Crippen LogP contribution is 2.30.